The second-order valence-corrected chi connectivity index (χ2v) is 5.44. The summed E-state index contributed by atoms with van der Waals surface area (Å²) in [6.07, 6.45) is 2.81. The Hall–Kier alpha value is -1.39. The lowest BCUT2D eigenvalue weighted by Crippen LogP contribution is -2.21. The van der Waals surface area contributed by atoms with Crippen LogP contribution >= 0.6 is 11.8 Å². The minimum atomic E-state index is -0.320. The smallest absolute Gasteiger partial charge is 0.146 e. The van der Waals surface area contributed by atoms with E-state index >= 15 is 0 Å². The highest BCUT2D eigenvalue weighted by Crippen LogP contribution is 2.44. The van der Waals surface area contributed by atoms with Crippen LogP contribution in [-0.4, -0.2) is 10.7 Å². The maximum Gasteiger partial charge on any atom is 0.146 e. The van der Waals surface area contributed by atoms with Crippen molar-refractivity contribution in [3.05, 3.63) is 59.7 Å². The minimum Gasteiger partial charge on any atom is -0.323 e. The molecule has 0 spiro atoms. The maximum absolute atomic E-state index is 13.7. The van der Waals surface area contributed by atoms with Crippen molar-refractivity contribution in [3.63, 3.8) is 0 Å². The van der Waals surface area contributed by atoms with Crippen molar-refractivity contribution in [1.29, 1.82) is 0 Å². The highest BCUT2D eigenvalue weighted by atomic mass is 32.2. The van der Waals surface area contributed by atoms with Gasteiger partial charge in [-0.05, 0) is 17.7 Å². The number of hydrogen-bond acceptors (Lipinski definition) is 3. The van der Waals surface area contributed by atoms with Crippen LogP contribution in [0.4, 0.5) is 4.39 Å². The van der Waals surface area contributed by atoms with Crippen LogP contribution in [0.25, 0.3) is 0 Å². The van der Waals surface area contributed by atoms with Gasteiger partial charge in [-0.3, -0.25) is 4.98 Å². The fourth-order valence-corrected chi connectivity index (χ4v) is 3.66. The van der Waals surface area contributed by atoms with Gasteiger partial charge in [-0.1, -0.05) is 18.2 Å². The van der Waals surface area contributed by atoms with Crippen LogP contribution in [0.1, 0.15) is 23.1 Å². The SMILES string of the molecule is NC(c1ccncc1F)C1CSc2ccccc21. The van der Waals surface area contributed by atoms with Gasteiger partial charge in [0.25, 0.3) is 0 Å². The molecule has 0 saturated carbocycles. The van der Waals surface area contributed by atoms with E-state index in [1.807, 2.05) is 12.1 Å². The monoisotopic (exact) mass is 260 g/mol. The summed E-state index contributed by atoms with van der Waals surface area (Å²) >= 11 is 1.79. The second-order valence-electron chi connectivity index (χ2n) is 4.38. The number of halogens is 1. The topological polar surface area (TPSA) is 38.9 Å². The Labute approximate surface area is 109 Å². The molecule has 3 rings (SSSR count). The lowest BCUT2D eigenvalue weighted by molar-refractivity contribution is 0.540. The zero-order valence-corrected chi connectivity index (χ0v) is 10.5. The Balaban J connectivity index is 1.96. The van der Waals surface area contributed by atoms with Crippen molar-refractivity contribution in [2.24, 2.45) is 5.73 Å². The lowest BCUT2D eigenvalue weighted by atomic mass is 9.89. The molecule has 2 heterocycles. The highest BCUT2D eigenvalue weighted by molar-refractivity contribution is 7.99. The summed E-state index contributed by atoms with van der Waals surface area (Å²) in [7, 11) is 0. The molecule has 18 heavy (non-hydrogen) atoms. The predicted molar refractivity (Wildman–Crippen MR) is 71.0 cm³/mol. The van der Waals surface area contributed by atoms with Gasteiger partial charge in [0, 0.05) is 34.4 Å². The van der Waals surface area contributed by atoms with Crippen LogP contribution in [0.5, 0.6) is 0 Å². The van der Waals surface area contributed by atoms with Gasteiger partial charge in [-0.25, -0.2) is 4.39 Å². The molecule has 0 fully saturated rings. The van der Waals surface area contributed by atoms with Gasteiger partial charge in [0.1, 0.15) is 5.82 Å². The molecule has 0 radical (unpaired) electrons. The van der Waals surface area contributed by atoms with E-state index in [4.69, 9.17) is 5.73 Å². The van der Waals surface area contributed by atoms with Crippen molar-refractivity contribution in [3.8, 4) is 0 Å². The van der Waals surface area contributed by atoms with E-state index in [1.165, 1.54) is 16.7 Å². The summed E-state index contributed by atoms with van der Waals surface area (Å²) in [4.78, 5) is 5.02. The van der Waals surface area contributed by atoms with Crippen LogP contribution < -0.4 is 5.73 Å². The molecule has 1 aromatic carbocycles. The summed E-state index contributed by atoms with van der Waals surface area (Å²) in [6.45, 7) is 0. The van der Waals surface area contributed by atoms with Gasteiger partial charge in [0.15, 0.2) is 0 Å². The highest BCUT2D eigenvalue weighted by Gasteiger charge is 2.30. The molecule has 2 aromatic rings. The molecule has 1 aromatic heterocycles. The summed E-state index contributed by atoms with van der Waals surface area (Å²) in [5.74, 6) is 0.755. The van der Waals surface area contributed by atoms with Gasteiger partial charge in [-0.15, -0.1) is 11.8 Å². The van der Waals surface area contributed by atoms with Gasteiger partial charge < -0.3 is 5.73 Å². The van der Waals surface area contributed by atoms with Crippen molar-refractivity contribution >= 4 is 11.8 Å². The summed E-state index contributed by atoms with van der Waals surface area (Å²) in [6, 6.07) is 9.56. The van der Waals surface area contributed by atoms with Gasteiger partial charge in [0.2, 0.25) is 0 Å². The minimum absolute atomic E-state index is 0.170. The lowest BCUT2D eigenvalue weighted by Gasteiger charge is -2.20. The molecule has 0 saturated heterocycles. The number of hydrogen-bond donors (Lipinski definition) is 1. The molecule has 92 valence electrons. The Kier molecular flexibility index (Phi) is 3.06. The van der Waals surface area contributed by atoms with Gasteiger partial charge in [0.05, 0.1) is 6.20 Å². The molecule has 1 aliphatic rings. The number of fused-ring (bicyclic) bond motifs is 1. The third kappa shape index (κ3) is 1.91. The van der Waals surface area contributed by atoms with E-state index in [9.17, 15) is 4.39 Å². The average Bonchev–Trinajstić information content (AvgIpc) is 2.82. The Morgan fingerprint density at radius 1 is 1.33 bits per heavy atom. The van der Waals surface area contributed by atoms with Crippen molar-refractivity contribution in [1.82, 2.24) is 4.98 Å². The van der Waals surface area contributed by atoms with Crippen molar-refractivity contribution in [2.45, 2.75) is 16.9 Å². The molecular formula is C14H13FN2S. The molecule has 4 heteroatoms. The second kappa shape index (κ2) is 4.71. The number of nitrogens with two attached hydrogens (primary N) is 1. The predicted octanol–water partition coefficient (Wildman–Crippen LogP) is 3.11. The molecular weight excluding hydrogens is 247 g/mol. The Bertz CT molecular complexity index is 573. The number of benzene rings is 1. The van der Waals surface area contributed by atoms with Crippen LogP contribution in [0.3, 0.4) is 0 Å². The molecule has 0 amide bonds. The largest absolute Gasteiger partial charge is 0.323 e. The van der Waals surface area contributed by atoms with Crippen molar-refractivity contribution in [2.75, 3.05) is 5.75 Å². The molecule has 0 bridgehead atoms. The van der Waals surface area contributed by atoms with Crippen LogP contribution in [0.15, 0.2) is 47.6 Å². The fourth-order valence-electron chi connectivity index (χ4n) is 2.36. The van der Waals surface area contributed by atoms with E-state index in [2.05, 4.69) is 17.1 Å². The Morgan fingerprint density at radius 2 is 2.17 bits per heavy atom. The van der Waals surface area contributed by atoms with E-state index in [-0.39, 0.29) is 17.8 Å². The first kappa shape index (κ1) is 11.7. The number of pyridine rings is 1. The van der Waals surface area contributed by atoms with Crippen LogP contribution in [-0.2, 0) is 0 Å². The fraction of sp³-hybridized carbons (Fsp3) is 0.214. The molecule has 2 N–H and O–H groups in total. The normalized spacial score (nSPS) is 19.6. The summed E-state index contributed by atoms with van der Waals surface area (Å²) in [5, 5.41) is 0. The molecule has 2 unspecified atom stereocenters. The zero-order chi connectivity index (χ0) is 12.5. The van der Waals surface area contributed by atoms with E-state index in [0.29, 0.717) is 5.56 Å². The number of rotatable bonds is 2. The van der Waals surface area contributed by atoms with Crippen LogP contribution in [0.2, 0.25) is 0 Å². The quantitative estimate of drug-likeness (QED) is 0.901. The molecule has 2 nitrogen and oxygen atoms in total. The van der Waals surface area contributed by atoms with Crippen molar-refractivity contribution < 1.29 is 4.39 Å². The van der Waals surface area contributed by atoms with Gasteiger partial charge in [-0.2, -0.15) is 0 Å². The molecule has 0 aliphatic carbocycles. The standard InChI is InChI=1S/C14H13FN2S/c15-12-7-17-6-5-10(12)14(16)11-8-18-13-4-2-1-3-9(11)13/h1-7,11,14H,8,16H2. The third-order valence-corrected chi connectivity index (χ3v) is 4.54. The Morgan fingerprint density at radius 3 is 3.00 bits per heavy atom. The maximum atomic E-state index is 13.7. The average molecular weight is 260 g/mol. The first-order valence-electron chi connectivity index (χ1n) is 5.84. The first-order valence-corrected chi connectivity index (χ1v) is 6.82. The van der Waals surface area contributed by atoms with E-state index in [0.717, 1.165) is 5.75 Å². The third-order valence-electron chi connectivity index (χ3n) is 3.33. The number of aromatic nitrogens is 1. The number of nitrogens with zero attached hydrogens (tertiary/aromatic N) is 1. The summed E-state index contributed by atoms with van der Waals surface area (Å²) < 4.78 is 13.7. The summed E-state index contributed by atoms with van der Waals surface area (Å²) in [5.41, 5.74) is 8.01. The molecule has 1 aliphatic heterocycles. The van der Waals surface area contributed by atoms with E-state index < -0.39 is 0 Å². The van der Waals surface area contributed by atoms with E-state index in [1.54, 1.807) is 24.0 Å². The van der Waals surface area contributed by atoms with Gasteiger partial charge >= 0.3 is 0 Å². The zero-order valence-electron chi connectivity index (χ0n) is 9.71. The van der Waals surface area contributed by atoms with Crippen LogP contribution in [0, 0.1) is 5.82 Å². The molecule has 2 atom stereocenters. The number of thioether (sulfide) groups is 1. The first-order chi connectivity index (χ1) is 8.77.